The maximum atomic E-state index is 13.0. The predicted octanol–water partition coefficient (Wildman–Crippen LogP) is 3.26. The third-order valence-electron chi connectivity index (χ3n) is 5.20. The lowest BCUT2D eigenvalue weighted by atomic mass is 9.84. The number of anilines is 1. The van der Waals surface area contributed by atoms with Gasteiger partial charge in [-0.3, -0.25) is 14.5 Å². The van der Waals surface area contributed by atoms with Crippen LogP contribution in [0.3, 0.4) is 0 Å². The Labute approximate surface area is 175 Å². The molecule has 4 amide bonds. The van der Waals surface area contributed by atoms with Gasteiger partial charge in [0, 0.05) is 5.69 Å². The molecule has 7 heteroatoms. The first-order chi connectivity index (χ1) is 14.0. The van der Waals surface area contributed by atoms with Crippen molar-refractivity contribution < 1.29 is 14.4 Å². The highest BCUT2D eigenvalue weighted by atomic mass is 16.2. The monoisotopic (exact) mass is 404 g/mol. The van der Waals surface area contributed by atoms with E-state index in [1.54, 1.807) is 31.2 Å². The number of carbonyl (C=O) groups excluding carboxylic acids is 3. The first-order valence-corrected chi connectivity index (χ1v) is 9.60. The van der Waals surface area contributed by atoms with E-state index in [1.807, 2.05) is 30.3 Å². The molecule has 2 N–H and O–H groups in total. The van der Waals surface area contributed by atoms with Crippen molar-refractivity contribution in [3.8, 4) is 6.07 Å². The molecule has 0 bridgehead atoms. The summed E-state index contributed by atoms with van der Waals surface area (Å²) in [5.74, 6) is -0.985. The molecule has 154 valence electrons. The van der Waals surface area contributed by atoms with Gasteiger partial charge in [-0.05, 0) is 47.7 Å². The van der Waals surface area contributed by atoms with Crippen LogP contribution in [0.5, 0.6) is 0 Å². The number of benzene rings is 2. The standard InChI is InChI=1S/C23H24N4O3/c1-22(2,3)16-7-9-17(10-8-16)23(4)20(29)27(21(30)26-23)14-19(28)25-18-11-5-15(13-24)6-12-18/h5-12H,14H2,1-4H3,(H,25,28)(H,26,30). The summed E-state index contributed by atoms with van der Waals surface area (Å²) in [6, 6.07) is 15.3. The first-order valence-electron chi connectivity index (χ1n) is 9.60. The Morgan fingerprint density at radius 3 is 2.23 bits per heavy atom. The van der Waals surface area contributed by atoms with E-state index >= 15 is 0 Å². The molecule has 1 fully saturated rings. The summed E-state index contributed by atoms with van der Waals surface area (Å²) >= 11 is 0. The average molecular weight is 404 g/mol. The number of amides is 4. The molecule has 1 unspecified atom stereocenters. The summed E-state index contributed by atoms with van der Waals surface area (Å²) in [5.41, 5.74) is 1.45. The van der Waals surface area contributed by atoms with E-state index in [0.717, 1.165) is 10.5 Å². The van der Waals surface area contributed by atoms with Crippen LogP contribution in [-0.4, -0.2) is 29.3 Å². The number of urea groups is 1. The highest BCUT2D eigenvalue weighted by Crippen LogP contribution is 2.31. The smallest absolute Gasteiger partial charge is 0.325 e. The highest BCUT2D eigenvalue weighted by molar-refractivity contribution is 6.10. The average Bonchev–Trinajstić information content (AvgIpc) is 2.92. The fraction of sp³-hybridized carbons (Fsp3) is 0.304. The van der Waals surface area contributed by atoms with Gasteiger partial charge in [0.2, 0.25) is 5.91 Å². The number of hydrogen-bond donors (Lipinski definition) is 2. The molecule has 0 aromatic heterocycles. The molecular formula is C23H24N4O3. The van der Waals surface area contributed by atoms with Crippen molar-refractivity contribution in [2.24, 2.45) is 0 Å². The van der Waals surface area contributed by atoms with Crippen LogP contribution in [-0.2, 0) is 20.5 Å². The molecule has 1 atom stereocenters. The lowest BCUT2D eigenvalue weighted by molar-refractivity contribution is -0.133. The quantitative estimate of drug-likeness (QED) is 0.764. The normalized spacial score (nSPS) is 18.7. The fourth-order valence-corrected chi connectivity index (χ4v) is 3.31. The topological polar surface area (TPSA) is 102 Å². The van der Waals surface area contributed by atoms with Gasteiger partial charge in [-0.25, -0.2) is 4.79 Å². The van der Waals surface area contributed by atoms with Gasteiger partial charge in [0.05, 0.1) is 11.6 Å². The first kappa shape index (κ1) is 21.1. The third kappa shape index (κ3) is 4.03. The van der Waals surface area contributed by atoms with Gasteiger partial charge in [0.1, 0.15) is 12.1 Å². The van der Waals surface area contributed by atoms with Crippen molar-refractivity contribution in [3.05, 3.63) is 65.2 Å². The van der Waals surface area contributed by atoms with Crippen LogP contribution in [0.4, 0.5) is 10.5 Å². The molecule has 0 aliphatic carbocycles. The van der Waals surface area contributed by atoms with Crippen molar-refractivity contribution >= 4 is 23.5 Å². The summed E-state index contributed by atoms with van der Waals surface area (Å²) in [7, 11) is 0. The lowest BCUT2D eigenvalue weighted by Gasteiger charge is -2.24. The molecule has 1 aliphatic heterocycles. The summed E-state index contributed by atoms with van der Waals surface area (Å²) < 4.78 is 0. The largest absolute Gasteiger partial charge is 0.325 e. The number of carbonyl (C=O) groups is 3. The SMILES string of the molecule is CC(C)(C)c1ccc(C2(C)NC(=O)N(CC(=O)Nc3ccc(C#N)cc3)C2=O)cc1. The van der Waals surface area contributed by atoms with Crippen molar-refractivity contribution in [1.29, 1.82) is 5.26 Å². The van der Waals surface area contributed by atoms with Crippen LogP contribution in [0.15, 0.2) is 48.5 Å². The zero-order valence-electron chi connectivity index (χ0n) is 17.4. The minimum absolute atomic E-state index is 0.0298. The van der Waals surface area contributed by atoms with Crippen molar-refractivity contribution in [1.82, 2.24) is 10.2 Å². The second-order valence-corrected chi connectivity index (χ2v) is 8.51. The molecular weight excluding hydrogens is 380 g/mol. The summed E-state index contributed by atoms with van der Waals surface area (Å²) in [5, 5.41) is 14.2. The third-order valence-corrected chi connectivity index (χ3v) is 5.20. The Hall–Kier alpha value is -3.66. The lowest BCUT2D eigenvalue weighted by Crippen LogP contribution is -2.42. The molecule has 1 aliphatic rings. The summed E-state index contributed by atoms with van der Waals surface area (Å²) in [4.78, 5) is 38.7. The van der Waals surface area contributed by atoms with Crippen LogP contribution >= 0.6 is 0 Å². The number of nitrogens with one attached hydrogen (secondary N) is 2. The van der Waals surface area contributed by atoms with Crippen LogP contribution in [0.25, 0.3) is 0 Å². The molecule has 0 spiro atoms. The Morgan fingerprint density at radius 1 is 1.10 bits per heavy atom. The number of imide groups is 1. The van der Waals surface area contributed by atoms with Gasteiger partial charge in [0.15, 0.2) is 0 Å². The second kappa shape index (κ2) is 7.64. The molecule has 7 nitrogen and oxygen atoms in total. The molecule has 0 saturated carbocycles. The van der Waals surface area contributed by atoms with Crippen molar-refractivity contribution in [3.63, 3.8) is 0 Å². The molecule has 0 radical (unpaired) electrons. The fourth-order valence-electron chi connectivity index (χ4n) is 3.31. The second-order valence-electron chi connectivity index (χ2n) is 8.51. The van der Waals surface area contributed by atoms with E-state index in [9.17, 15) is 14.4 Å². The Morgan fingerprint density at radius 2 is 1.70 bits per heavy atom. The zero-order chi connectivity index (χ0) is 22.1. The number of hydrogen-bond acceptors (Lipinski definition) is 4. The number of nitrogens with zero attached hydrogens (tertiary/aromatic N) is 2. The zero-order valence-corrected chi connectivity index (χ0v) is 17.4. The molecule has 2 aromatic rings. The maximum Gasteiger partial charge on any atom is 0.325 e. The molecule has 1 heterocycles. The molecule has 30 heavy (non-hydrogen) atoms. The van der Waals surface area contributed by atoms with Gasteiger partial charge in [-0.1, -0.05) is 45.0 Å². The predicted molar refractivity (Wildman–Crippen MR) is 113 cm³/mol. The Balaban J connectivity index is 1.73. The van der Waals surface area contributed by atoms with E-state index in [1.165, 1.54) is 0 Å². The Bertz CT molecular complexity index is 1030. The number of rotatable bonds is 4. The van der Waals surface area contributed by atoms with E-state index in [0.29, 0.717) is 16.8 Å². The minimum Gasteiger partial charge on any atom is -0.325 e. The van der Waals surface area contributed by atoms with Gasteiger partial charge in [-0.15, -0.1) is 0 Å². The van der Waals surface area contributed by atoms with Crippen molar-refractivity contribution in [2.75, 3.05) is 11.9 Å². The molecule has 1 saturated heterocycles. The van der Waals surface area contributed by atoms with Crippen molar-refractivity contribution in [2.45, 2.75) is 38.6 Å². The van der Waals surface area contributed by atoms with E-state index in [2.05, 4.69) is 31.4 Å². The van der Waals surface area contributed by atoms with Gasteiger partial charge in [0.25, 0.3) is 5.91 Å². The van der Waals surface area contributed by atoms with Gasteiger partial charge in [-0.2, -0.15) is 5.26 Å². The minimum atomic E-state index is -1.23. The van der Waals surface area contributed by atoms with Crippen LogP contribution in [0, 0.1) is 11.3 Å². The van der Waals surface area contributed by atoms with Crippen LogP contribution < -0.4 is 10.6 Å². The highest BCUT2D eigenvalue weighted by Gasteiger charge is 2.49. The molecule has 2 aromatic carbocycles. The Kier molecular flexibility index (Phi) is 5.36. The van der Waals surface area contributed by atoms with E-state index in [4.69, 9.17) is 5.26 Å². The summed E-state index contributed by atoms with van der Waals surface area (Å²) in [6.07, 6.45) is 0. The van der Waals surface area contributed by atoms with Gasteiger partial charge < -0.3 is 10.6 Å². The molecule has 3 rings (SSSR count). The van der Waals surface area contributed by atoms with E-state index in [-0.39, 0.29) is 5.41 Å². The van der Waals surface area contributed by atoms with Crippen LogP contribution in [0.1, 0.15) is 44.4 Å². The van der Waals surface area contributed by atoms with E-state index < -0.39 is 29.9 Å². The maximum absolute atomic E-state index is 13.0. The summed E-state index contributed by atoms with van der Waals surface area (Å²) in [6.45, 7) is 7.53. The van der Waals surface area contributed by atoms with Gasteiger partial charge >= 0.3 is 6.03 Å². The number of nitriles is 1. The van der Waals surface area contributed by atoms with Crippen LogP contribution in [0.2, 0.25) is 0 Å².